The molecule has 0 aliphatic heterocycles. The van der Waals surface area contributed by atoms with Crippen LogP contribution in [0.25, 0.3) is 0 Å². The molecule has 0 radical (unpaired) electrons. The Kier molecular flexibility index (Phi) is 12.1. The van der Waals surface area contributed by atoms with Crippen LogP contribution in [0.1, 0.15) is 23.6 Å². The lowest BCUT2D eigenvalue weighted by Gasteiger charge is -2.22. The minimum Gasteiger partial charge on any atom is -0.492 e. The van der Waals surface area contributed by atoms with Gasteiger partial charge in [-0.3, -0.25) is 0 Å². The van der Waals surface area contributed by atoms with Crippen LogP contribution in [0.4, 0.5) is 0 Å². The average Bonchev–Trinajstić information content (AvgIpc) is 3.01. The fraction of sp³-hybridized carbons (Fsp3) is 0.550. The van der Waals surface area contributed by atoms with E-state index in [0.29, 0.717) is 13.2 Å². The Morgan fingerprint density at radius 1 is 1.24 bits per heavy atom. The zero-order valence-corrected chi connectivity index (χ0v) is 21.2. The third-order valence-corrected chi connectivity index (χ3v) is 5.14. The molecule has 1 aromatic heterocycles. The first-order valence-electron chi connectivity index (χ1n) is 9.54. The van der Waals surface area contributed by atoms with Gasteiger partial charge in [-0.05, 0) is 44.4 Å². The number of rotatable bonds is 10. The Morgan fingerprint density at radius 3 is 2.59 bits per heavy atom. The van der Waals surface area contributed by atoms with Gasteiger partial charge in [0.2, 0.25) is 0 Å². The number of halogens is 1. The number of hydrogen-bond acceptors (Lipinski definition) is 5. The number of aromatic nitrogens is 3. The third kappa shape index (κ3) is 8.81. The lowest BCUT2D eigenvalue weighted by molar-refractivity contribution is 0.281. The minimum absolute atomic E-state index is 0. The number of ether oxygens (including phenoxy) is 1. The number of nitrogens with one attached hydrogen (secondary N) is 1. The second-order valence-electron chi connectivity index (χ2n) is 6.72. The maximum Gasteiger partial charge on any atom is 0.194 e. The van der Waals surface area contributed by atoms with Crippen molar-refractivity contribution in [2.24, 2.45) is 12.0 Å². The van der Waals surface area contributed by atoms with Gasteiger partial charge in [-0.15, -0.1) is 34.2 Å². The zero-order chi connectivity index (χ0) is 20.4. The van der Waals surface area contributed by atoms with Gasteiger partial charge in [0.05, 0.1) is 6.54 Å². The molecule has 2 aromatic rings. The highest BCUT2D eigenvalue weighted by molar-refractivity contribution is 14.0. The van der Waals surface area contributed by atoms with Crippen molar-refractivity contribution >= 4 is 41.7 Å². The summed E-state index contributed by atoms with van der Waals surface area (Å²) in [5.41, 5.74) is 1.23. The fourth-order valence-corrected chi connectivity index (χ4v) is 2.94. The number of aliphatic imine (C=N–C) groups is 1. The highest BCUT2D eigenvalue weighted by Gasteiger charge is 2.09. The molecule has 7 nitrogen and oxygen atoms in total. The van der Waals surface area contributed by atoms with Crippen molar-refractivity contribution in [3.8, 4) is 5.75 Å². The van der Waals surface area contributed by atoms with Gasteiger partial charge >= 0.3 is 0 Å². The number of thioether (sulfide) groups is 1. The van der Waals surface area contributed by atoms with Crippen molar-refractivity contribution in [3.05, 3.63) is 41.5 Å². The molecular weight excluding hydrogens is 499 g/mol. The van der Waals surface area contributed by atoms with E-state index in [-0.39, 0.29) is 24.0 Å². The van der Waals surface area contributed by atoms with Crippen LogP contribution in [0.3, 0.4) is 0 Å². The number of hydrogen-bond donors (Lipinski definition) is 1. The van der Waals surface area contributed by atoms with E-state index in [1.165, 1.54) is 5.56 Å². The highest BCUT2D eigenvalue weighted by Crippen LogP contribution is 2.11. The fourth-order valence-electron chi connectivity index (χ4n) is 2.50. The van der Waals surface area contributed by atoms with Crippen molar-refractivity contribution in [2.75, 3.05) is 38.8 Å². The smallest absolute Gasteiger partial charge is 0.194 e. The largest absolute Gasteiger partial charge is 0.492 e. The van der Waals surface area contributed by atoms with Crippen LogP contribution in [0.2, 0.25) is 0 Å². The first-order valence-corrected chi connectivity index (χ1v) is 10.9. The van der Waals surface area contributed by atoms with Gasteiger partial charge in [0.25, 0.3) is 0 Å². The predicted octanol–water partition coefficient (Wildman–Crippen LogP) is 3.26. The van der Waals surface area contributed by atoms with Gasteiger partial charge in [-0.2, -0.15) is 11.8 Å². The molecule has 9 heteroatoms. The van der Waals surface area contributed by atoms with E-state index in [2.05, 4.69) is 45.7 Å². The lowest BCUT2D eigenvalue weighted by Crippen LogP contribution is -2.41. The van der Waals surface area contributed by atoms with Gasteiger partial charge < -0.3 is 19.5 Å². The molecular formula is C20H33IN6OS. The second-order valence-corrected chi connectivity index (χ2v) is 7.70. The van der Waals surface area contributed by atoms with Crippen LogP contribution in [0.15, 0.2) is 29.3 Å². The molecule has 1 aromatic carbocycles. The van der Waals surface area contributed by atoms with Crippen LogP contribution < -0.4 is 10.1 Å². The summed E-state index contributed by atoms with van der Waals surface area (Å²) in [5, 5.41) is 11.8. The number of benzene rings is 1. The molecule has 1 heterocycles. The molecule has 0 aliphatic carbocycles. The van der Waals surface area contributed by atoms with Crippen molar-refractivity contribution < 1.29 is 4.74 Å². The first-order chi connectivity index (χ1) is 13.5. The van der Waals surface area contributed by atoms with E-state index in [1.807, 2.05) is 49.5 Å². The van der Waals surface area contributed by atoms with Gasteiger partial charge in [-0.25, -0.2) is 4.99 Å². The molecule has 0 atom stereocenters. The van der Waals surface area contributed by atoms with Crippen molar-refractivity contribution in [1.82, 2.24) is 25.0 Å². The van der Waals surface area contributed by atoms with Gasteiger partial charge in [0.1, 0.15) is 24.7 Å². The maximum absolute atomic E-state index is 5.86. The van der Waals surface area contributed by atoms with E-state index < -0.39 is 0 Å². The van der Waals surface area contributed by atoms with Crippen molar-refractivity contribution in [3.63, 3.8) is 0 Å². The number of likely N-dealkylation sites (N-methyl/N-ethyl adjacent to an activating group) is 1. The van der Waals surface area contributed by atoms with Crippen LogP contribution in [0, 0.1) is 13.8 Å². The zero-order valence-electron chi connectivity index (χ0n) is 18.0. The van der Waals surface area contributed by atoms with E-state index in [1.54, 1.807) is 0 Å². The summed E-state index contributed by atoms with van der Waals surface area (Å²) in [6, 6.07) is 8.12. The maximum atomic E-state index is 5.86. The van der Waals surface area contributed by atoms with E-state index in [0.717, 1.165) is 48.6 Å². The molecule has 0 saturated carbocycles. The predicted molar refractivity (Wildman–Crippen MR) is 133 cm³/mol. The third-order valence-electron chi connectivity index (χ3n) is 4.44. The first kappa shape index (κ1) is 25.5. The SMILES string of the molecule is CSCCCNC(=NCc1nnc(C)n1C)N(C)CCOc1ccc(C)cc1.I. The number of nitrogens with zero attached hydrogens (tertiary/aromatic N) is 5. The van der Waals surface area contributed by atoms with Crippen LogP contribution >= 0.6 is 35.7 Å². The monoisotopic (exact) mass is 532 g/mol. The van der Waals surface area contributed by atoms with E-state index in [4.69, 9.17) is 9.73 Å². The van der Waals surface area contributed by atoms with Crippen molar-refractivity contribution in [1.29, 1.82) is 0 Å². The molecule has 0 aliphatic rings. The minimum atomic E-state index is 0. The van der Waals surface area contributed by atoms with Crippen LogP contribution in [-0.2, 0) is 13.6 Å². The summed E-state index contributed by atoms with van der Waals surface area (Å²) in [6.45, 7) is 6.72. The molecule has 0 bridgehead atoms. The van der Waals surface area contributed by atoms with Gasteiger partial charge in [0, 0.05) is 20.6 Å². The number of aryl methyl sites for hydroxylation is 2. The second kappa shape index (κ2) is 13.7. The lowest BCUT2D eigenvalue weighted by atomic mass is 10.2. The van der Waals surface area contributed by atoms with Crippen LogP contribution in [0.5, 0.6) is 5.75 Å². The molecule has 0 spiro atoms. The molecule has 0 unspecified atom stereocenters. The molecule has 0 fully saturated rings. The molecule has 29 heavy (non-hydrogen) atoms. The van der Waals surface area contributed by atoms with E-state index >= 15 is 0 Å². The van der Waals surface area contributed by atoms with Gasteiger partial charge in [0.15, 0.2) is 11.8 Å². The molecule has 162 valence electrons. The molecule has 0 amide bonds. The Balaban J connectivity index is 0.00000420. The topological polar surface area (TPSA) is 67.6 Å². The summed E-state index contributed by atoms with van der Waals surface area (Å²) in [5.74, 6) is 4.61. The standard InChI is InChI=1S/C20H32N6OS.HI/c1-16-7-9-18(10-8-16)27-13-12-25(3)20(21-11-6-14-28-5)22-15-19-24-23-17(2)26(19)4;/h7-10H,6,11-15H2,1-5H3,(H,21,22);1H. The summed E-state index contributed by atoms with van der Waals surface area (Å²) in [7, 11) is 3.99. The van der Waals surface area contributed by atoms with Gasteiger partial charge in [-0.1, -0.05) is 17.7 Å². The Labute approximate surface area is 195 Å². The normalized spacial score (nSPS) is 11.1. The summed E-state index contributed by atoms with van der Waals surface area (Å²) < 4.78 is 7.82. The quantitative estimate of drug-likeness (QED) is 0.219. The highest BCUT2D eigenvalue weighted by atomic mass is 127. The average molecular weight is 532 g/mol. The number of guanidine groups is 1. The Bertz CT molecular complexity index is 750. The molecule has 2 rings (SSSR count). The molecule has 1 N–H and O–H groups in total. The Hall–Kier alpha value is -1.49. The summed E-state index contributed by atoms with van der Waals surface area (Å²) >= 11 is 1.85. The Morgan fingerprint density at radius 2 is 1.97 bits per heavy atom. The van der Waals surface area contributed by atoms with Crippen LogP contribution in [-0.4, -0.2) is 64.4 Å². The summed E-state index contributed by atoms with van der Waals surface area (Å²) in [4.78, 5) is 6.84. The van der Waals surface area contributed by atoms with E-state index in [9.17, 15) is 0 Å². The summed E-state index contributed by atoms with van der Waals surface area (Å²) in [6.07, 6.45) is 3.22. The van der Waals surface area contributed by atoms with Crippen molar-refractivity contribution in [2.45, 2.75) is 26.8 Å². The molecule has 0 saturated heterocycles.